The summed E-state index contributed by atoms with van der Waals surface area (Å²) >= 11 is 5.48. The van der Waals surface area contributed by atoms with Crippen molar-refractivity contribution in [1.82, 2.24) is 0 Å². The molecule has 0 aliphatic carbocycles. The molecule has 1 atom stereocenters. The third-order valence-electron chi connectivity index (χ3n) is 3.07. The Morgan fingerprint density at radius 1 is 1.17 bits per heavy atom. The van der Waals surface area contributed by atoms with Crippen molar-refractivity contribution in [2.24, 2.45) is 0 Å². The van der Waals surface area contributed by atoms with Gasteiger partial charge in [0.25, 0.3) is 0 Å². The van der Waals surface area contributed by atoms with E-state index in [0.29, 0.717) is 5.25 Å². The summed E-state index contributed by atoms with van der Waals surface area (Å²) in [6.45, 7) is 1.01. The minimum Gasteiger partial charge on any atom is -0.384 e. The number of thioether (sulfide) groups is 1. The van der Waals surface area contributed by atoms with E-state index in [1.807, 2.05) is 17.8 Å². The molecule has 3 rings (SSSR count). The van der Waals surface area contributed by atoms with Gasteiger partial charge in [0.1, 0.15) is 0 Å². The fourth-order valence-electron chi connectivity index (χ4n) is 2.20. The van der Waals surface area contributed by atoms with Crippen LogP contribution in [-0.2, 0) is 6.42 Å². The van der Waals surface area contributed by atoms with Crippen LogP contribution in [-0.4, -0.2) is 11.8 Å². The Kier molecular flexibility index (Phi) is 3.62. The molecule has 2 aromatic rings. The van der Waals surface area contributed by atoms with E-state index in [9.17, 15) is 0 Å². The molecule has 0 amide bonds. The zero-order valence-electron chi connectivity index (χ0n) is 9.90. The first-order valence-corrected chi connectivity index (χ1v) is 7.72. The van der Waals surface area contributed by atoms with Crippen LogP contribution in [0.1, 0.15) is 5.56 Å². The smallest absolute Gasteiger partial charge is 0.0351 e. The van der Waals surface area contributed by atoms with Crippen LogP contribution in [0.4, 0.5) is 5.69 Å². The van der Waals surface area contributed by atoms with Crippen molar-refractivity contribution in [3.05, 3.63) is 58.6 Å². The quantitative estimate of drug-likeness (QED) is 0.888. The Morgan fingerprint density at radius 2 is 2.06 bits per heavy atom. The van der Waals surface area contributed by atoms with E-state index in [4.69, 9.17) is 0 Å². The molecule has 0 saturated heterocycles. The zero-order valence-corrected chi connectivity index (χ0v) is 12.3. The second kappa shape index (κ2) is 5.37. The summed E-state index contributed by atoms with van der Waals surface area (Å²) < 4.78 is 1.12. The Hall–Kier alpha value is -0.930. The van der Waals surface area contributed by atoms with E-state index in [1.54, 1.807) is 0 Å². The van der Waals surface area contributed by atoms with Crippen molar-refractivity contribution in [2.45, 2.75) is 16.6 Å². The molecular formula is C15H14BrNS. The predicted octanol–water partition coefficient (Wildman–Crippen LogP) is 4.58. The van der Waals surface area contributed by atoms with Crippen LogP contribution in [0.25, 0.3) is 0 Å². The van der Waals surface area contributed by atoms with Gasteiger partial charge in [-0.25, -0.2) is 0 Å². The molecule has 0 spiro atoms. The Bertz CT molecular complexity index is 531. The summed E-state index contributed by atoms with van der Waals surface area (Å²) in [4.78, 5) is 1.44. The van der Waals surface area contributed by atoms with Gasteiger partial charge < -0.3 is 5.32 Å². The highest BCUT2D eigenvalue weighted by Crippen LogP contribution is 2.36. The molecule has 1 N–H and O–H groups in total. The number of rotatable bonds is 3. The molecule has 1 aliphatic heterocycles. The van der Waals surface area contributed by atoms with Crippen molar-refractivity contribution in [2.75, 3.05) is 11.9 Å². The fraction of sp³-hybridized carbons (Fsp3) is 0.200. The lowest BCUT2D eigenvalue weighted by molar-refractivity contribution is 0.899. The van der Waals surface area contributed by atoms with Crippen molar-refractivity contribution in [1.29, 1.82) is 0 Å². The topological polar surface area (TPSA) is 12.0 Å². The normalized spacial score (nSPS) is 17.5. The maximum Gasteiger partial charge on any atom is 0.0351 e. The number of nitrogens with one attached hydrogen (secondary N) is 1. The van der Waals surface area contributed by atoms with Crippen LogP contribution >= 0.6 is 27.7 Å². The van der Waals surface area contributed by atoms with Gasteiger partial charge in [0.15, 0.2) is 0 Å². The van der Waals surface area contributed by atoms with E-state index in [0.717, 1.165) is 11.0 Å². The van der Waals surface area contributed by atoms with Crippen LogP contribution in [0.5, 0.6) is 0 Å². The average molecular weight is 320 g/mol. The van der Waals surface area contributed by atoms with Gasteiger partial charge in [0.2, 0.25) is 0 Å². The third-order valence-corrected chi connectivity index (χ3v) is 4.88. The van der Waals surface area contributed by atoms with Crippen LogP contribution < -0.4 is 5.32 Å². The molecule has 18 heavy (non-hydrogen) atoms. The highest BCUT2D eigenvalue weighted by Gasteiger charge is 2.21. The summed E-state index contributed by atoms with van der Waals surface area (Å²) in [5, 5.41) is 4.15. The number of benzene rings is 2. The number of fused-ring (bicyclic) bond motifs is 1. The Morgan fingerprint density at radius 3 is 2.89 bits per heavy atom. The standard InChI is InChI=1S/C15H14BrNS/c16-12-5-3-6-13(9-12)17-10-14-8-11-4-1-2-7-15(11)18-14/h1-7,9,14,17H,8,10H2. The molecule has 0 saturated carbocycles. The molecular weight excluding hydrogens is 306 g/mol. The molecule has 0 aromatic heterocycles. The SMILES string of the molecule is Brc1cccc(NCC2Cc3ccccc3S2)c1. The minimum atomic E-state index is 0.640. The monoisotopic (exact) mass is 319 g/mol. The van der Waals surface area contributed by atoms with Crippen LogP contribution in [0.15, 0.2) is 57.9 Å². The van der Waals surface area contributed by atoms with Crippen molar-refractivity contribution >= 4 is 33.4 Å². The van der Waals surface area contributed by atoms with E-state index >= 15 is 0 Å². The van der Waals surface area contributed by atoms with Crippen LogP contribution in [0.3, 0.4) is 0 Å². The zero-order chi connectivity index (χ0) is 12.4. The van der Waals surface area contributed by atoms with Crippen LogP contribution in [0, 0.1) is 0 Å². The predicted molar refractivity (Wildman–Crippen MR) is 82.4 cm³/mol. The van der Waals surface area contributed by atoms with E-state index in [1.165, 1.54) is 22.6 Å². The lowest BCUT2D eigenvalue weighted by atomic mass is 10.1. The molecule has 0 bridgehead atoms. The van der Waals surface area contributed by atoms with Crippen molar-refractivity contribution < 1.29 is 0 Å². The van der Waals surface area contributed by atoms with E-state index < -0.39 is 0 Å². The van der Waals surface area contributed by atoms with Crippen molar-refractivity contribution in [3.63, 3.8) is 0 Å². The van der Waals surface area contributed by atoms with Gasteiger partial charge in [0.05, 0.1) is 0 Å². The molecule has 0 fully saturated rings. The summed E-state index contributed by atoms with van der Waals surface area (Å²) in [6.07, 6.45) is 1.17. The second-order valence-corrected chi connectivity index (χ2v) is 6.70. The van der Waals surface area contributed by atoms with Crippen LogP contribution in [0.2, 0.25) is 0 Å². The third kappa shape index (κ3) is 2.73. The lowest BCUT2D eigenvalue weighted by Gasteiger charge is -2.11. The van der Waals surface area contributed by atoms with Crippen molar-refractivity contribution in [3.8, 4) is 0 Å². The number of anilines is 1. The number of hydrogen-bond donors (Lipinski definition) is 1. The number of hydrogen-bond acceptors (Lipinski definition) is 2. The molecule has 2 aromatic carbocycles. The first kappa shape index (κ1) is 12.1. The van der Waals surface area contributed by atoms with E-state index in [-0.39, 0.29) is 0 Å². The largest absolute Gasteiger partial charge is 0.384 e. The highest BCUT2D eigenvalue weighted by molar-refractivity contribution is 9.10. The maximum atomic E-state index is 3.51. The average Bonchev–Trinajstić information content (AvgIpc) is 2.79. The molecule has 1 nitrogen and oxygen atoms in total. The summed E-state index contributed by atoms with van der Waals surface area (Å²) in [7, 11) is 0. The molecule has 92 valence electrons. The van der Waals surface area contributed by atoms with Gasteiger partial charge in [-0.3, -0.25) is 0 Å². The molecule has 1 aliphatic rings. The first-order valence-electron chi connectivity index (χ1n) is 6.05. The second-order valence-electron chi connectivity index (χ2n) is 4.44. The molecule has 1 heterocycles. The minimum absolute atomic E-state index is 0.640. The molecule has 3 heteroatoms. The molecule has 1 unspecified atom stereocenters. The Balaban J connectivity index is 1.60. The van der Waals surface area contributed by atoms with Gasteiger partial charge in [-0.2, -0.15) is 0 Å². The number of halogens is 1. The molecule has 0 radical (unpaired) electrons. The van der Waals surface area contributed by atoms with E-state index in [2.05, 4.69) is 63.7 Å². The summed E-state index contributed by atoms with van der Waals surface area (Å²) in [5.41, 5.74) is 2.67. The van der Waals surface area contributed by atoms with Gasteiger partial charge >= 0.3 is 0 Å². The lowest BCUT2D eigenvalue weighted by Crippen LogP contribution is -2.15. The first-order chi connectivity index (χ1) is 8.81. The fourth-order valence-corrected chi connectivity index (χ4v) is 3.85. The summed E-state index contributed by atoms with van der Waals surface area (Å²) in [5.74, 6) is 0. The highest BCUT2D eigenvalue weighted by atomic mass is 79.9. The van der Waals surface area contributed by atoms with Gasteiger partial charge in [0, 0.05) is 26.9 Å². The summed E-state index contributed by atoms with van der Waals surface area (Å²) in [6, 6.07) is 17.0. The Labute approximate surface area is 120 Å². The van der Waals surface area contributed by atoms with Gasteiger partial charge in [-0.1, -0.05) is 40.2 Å². The van der Waals surface area contributed by atoms with Gasteiger partial charge in [-0.05, 0) is 36.2 Å². The maximum absolute atomic E-state index is 3.51. The van der Waals surface area contributed by atoms with Gasteiger partial charge in [-0.15, -0.1) is 11.8 Å².